The Kier molecular flexibility index (Phi) is 8.21. The van der Waals surface area contributed by atoms with Crippen molar-refractivity contribution in [1.82, 2.24) is 10.2 Å². The van der Waals surface area contributed by atoms with Gasteiger partial charge in [-0.3, -0.25) is 9.59 Å². The van der Waals surface area contributed by atoms with E-state index in [1.807, 2.05) is 35.2 Å². The van der Waals surface area contributed by atoms with Crippen LogP contribution in [-0.2, 0) is 15.1 Å². The fraction of sp³-hybridized carbons (Fsp3) is 0.414. The van der Waals surface area contributed by atoms with E-state index in [1.54, 1.807) is 12.1 Å². The van der Waals surface area contributed by atoms with E-state index in [4.69, 9.17) is 10.5 Å². The molecule has 2 heterocycles. The molecular weight excluding hydrogens is 452 g/mol. The van der Waals surface area contributed by atoms with Gasteiger partial charge >= 0.3 is 0 Å². The molecule has 2 aliphatic rings. The lowest BCUT2D eigenvalue weighted by Gasteiger charge is -2.38. The Morgan fingerprint density at radius 2 is 1.75 bits per heavy atom. The number of nitrogens with zero attached hydrogens (tertiary/aromatic N) is 2. The summed E-state index contributed by atoms with van der Waals surface area (Å²) in [5.74, 6) is 0.193. The molecule has 2 amide bonds. The van der Waals surface area contributed by atoms with Crippen molar-refractivity contribution < 1.29 is 14.3 Å². The van der Waals surface area contributed by atoms with Crippen molar-refractivity contribution in [3.8, 4) is 0 Å². The molecule has 36 heavy (non-hydrogen) atoms. The van der Waals surface area contributed by atoms with Crippen LogP contribution in [0.25, 0.3) is 6.08 Å². The van der Waals surface area contributed by atoms with Crippen LogP contribution in [0.4, 0.5) is 5.69 Å². The summed E-state index contributed by atoms with van der Waals surface area (Å²) in [6.07, 6.45) is 5.36. The summed E-state index contributed by atoms with van der Waals surface area (Å²) in [4.78, 5) is 33.1. The molecule has 190 valence electrons. The van der Waals surface area contributed by atoms with E-state index in [0.29, 0.717) is 61.8 Å². The Balaban J connectivity index is 1.61. The first-order valence-electron chi connectivity index (χ1n) is 12.9. The van der Waals surface area contributed by atoms with Gasteiger partial charge in [-0.1, -0.05) is 50.2 Å². The average molecular weight is 489 g/mol. The number of rotatable bonds is 8. The van der Waals surface area contributed by atoms with Crippen LogP contribution in [0.2, 0.25) is 0 Å². The van der Waals surface area contributed by atoms with Gasteiger partial charge in [0.15, 0.2) is 0 Å². The molecule has 2 aromatic carbocycles. The van der Waals surface area contributed by atoms with Gasteiger partial charge < -0.3 is 20.7 Å². The van der Waals surface area contributed by atoms with Gasteiger partial charge in [-0.15, -0.1) is 0 Å². The third-order valence-corrected chi connectivity index (χ3v) is 6.83. The Bertz CT molecular complexity index is 1140. The maximum atomic E-state index is 13.4. The second kappa shape index (κ2) is 11.5. The zero-order valence-corrected chi connectivity index (χ0v) is 21.3. The Hall–Kier alpha value is -3.45. The molecule has 7 nitrogen and oxygen atoms in total. The molecule has 4 rings (SSSR count). The SMILES string of the molecule is CCCN(CCC)C(=O)C1=Cc2ccc(C(=O)NC3(c4ccccc4)CCOCC3)cc2N=C(N)C1. The second-order valence-corrected chi connectivity index (χ2v) is 9.53. The Morgan fingerprint density at radius 3 is 2.42 bits per heavy atom. The fourth-order valence-electron chi connectivity index (χ4n) is 4.98. The van der Waals surface area contributed by atoms with E-state index in [2.05, 4.69) is 36.3 Å². The summed E-state index contributed by atoms with van der Waals surface area (Å²) in [7, 11) is 0. The number of amidine groups is 1. The highest BCUT2D eigenvalue weighted by Crippen LogP contribution is 2.33. The van der Waals surface area contributed by atoms with E-state index in [9.17, 15) is 9.59 Å². The molecule has 7 heteroatoms. The van der Waals surface area contributed by atoms with E-state index >= 15 is 0 Å². The molecule has 2 aromatic rings. The molecule has 1 fully saturated rings. The van der Waals surface area contributed by atoms with Crippen molar-refractivity contribution >= 4 is 29.4 Å². The number of nitrogens with one attached hydrogen (secondary N) is 1. The maximum absolute atomic E-state index is 13.4. The third-order valence-electron chi connectivity index (χ3n) is 6.83. The molecule has 1 saturated heterocycles. The zero-order valence-electron chi connectivity index (χ0n) is 21.3. The molecule has 3 N–H and O–H groups in total. The van der Waals surface area contributed by atoms with Crippen LogP contribution < -0.4 is 11.1 Å². The summed E-state index contributed by atoms with van der Waals surface area (Å²) in [5, 5.41) is 3.29. The lowest BCUT2D eigenvalue weighted by atomic mass is 9.82. The predicted octanol–water partition coefficient (Wildman–Crippen LogP) is 4.55. The minimum Gasteiger partial charge on any atom is -0.387 e. The first-order chi connectivity index (χ1) is 17.5. The lowest BCUT2D eigenvalue weighted by Crippen LogP contribution is -2.49. The monoisotopic (exact) mass is 488 g/mol. The molecule has 0 saturated carbocycles. The van der Waals surface area contributed by atoms with E-state index in [1.165, 1.54) is 0 Å². The molecule has 0 aliphatic carbocycles. The molecule has 0 spiro atoms. The molecule has 0 unspecified atom stereocenters. The molecule has 0 bridgehead atoms. The number of fused-ring (bicyclic) bond motifs is 1. The van der Waals surface area contributed by atoms with Crippen molar-refractivity contribution in [2.45, 2.75) is 51.5 Å². The van der Waals surface area contributed by atoms with Gasteiger partial charge in [-0.2, -0.15) is 0 Å². The summed E-state index contributed by atoms with van der Waals surface area (Å²) in [6, 6.07) is 15.5. The normalized spacial score (nSPS) is 16.7. The smallest absolute Gasteiger partial charge is 0.252 e. The number of carbonyl (C=O) groups excluding carboxylic acids is 2. The summed E-state index contributed by atoms with van der Waals surface area (Å²) in [5.41, 5.74) is 9.34. The maximum Gasteiger partial charge on any atom is 0.252 e. The van der Waals surface area contributed by atoms with Crippen molar-refractivity contribution in [2.75, 3.05) is 26.3 Å². The number of benzene rings is 2. The van der Waals surface area contributed by atoms with Crippen molar-refractivity contribution in [2.24, 2.45) is 10.7 Å². The van der Waals surface area contributed by atoms with E-state index < -0.39 is 5.54 Å². The number of ether oxygens (including phenoxy) is 1. The van der Waals surface area contributed by atoms with Gasteiger partial charge in [0.1, 0.15) is 5.84 Å². The highest BCUT2D eigenvalue weighted by molar-refractivity contribution is 6.06. The van der Waals surface area contributed by atoms with Gasteiger partial charge in [-0.25, -0.2) is 4.99 Å². The van der Waals surface area contributed by atoms with Crippen LogP contribution in [-0.4, -0.2) is 48.9 Å². The Labute approximate surface area is 213 Å². The van der Waals surface area contributed by atoms with Gasteiger partial charge in [0.2, 0.25) is 5.91 Å². The number of aliphatic imine (C=N–C) groups is 1. The van der Waals surface area contributed by atoms with Gasteiger partial charge in [0.25, 0.3) is 5.91 Å². The standard InChI is InChI=1S/C29H36N4O3/c1-3-14-33(15-4-2)28(35)23-18-21-10-11-22(19-25(21)31-26(30)20-23)27(34)32-29(12-16-36-17-13-29)24-8-6-5-7-9-24/h5-11,18-19H,3-4,12-17,20H2,1-2H3,(H2,30,31)(H,32,34). The number of hydrogen-bond donors (Lipinski definition) is 2. The summed E-state index contributed by atoms with van der Waals surface area (Å²) >= 11 is 0. The van der Waals surface area contributed by atoms with E-state index in [0.717, 1.165) is 24.0 Å². The minimum atomic E-state index is -0.479. The van der Waals surface area contributed by atoms with Crippen LogP contribution in [0.15, 0.2) is 59.1 Å². The van der Waals surface area contributed by atoms with Crippen molar-refractivity contribution in [1.29, 1.82) is 0 Å². The Morgan fingerprint density at radius 1 is 1.06 bits per heavy atom. The van der Waals surface area contributed by atoms with Crippen LogP contribution in [0.5, 0.6) is 0 Å². The quantitative estimate of drug-likeness (QED) is 0.570. The van der Waals surface area contributed by atoms with Crippen molar-refractivity contribution in [3.63, 3.8) is 0 Å². The third kappa shape index (κ3) is 5.68. The van der Waals surface area contributed by atoms with Crippen LogP contribution in [0.1, 0.15) is 67.4 Å². The van der Waals surface area contributed by atoms with Gasteiger partial charge in [0.05, 0.1) is 11.2 Å². The minimum absolute atomic E-state index is 0.00385. The topological polar surface area (TPSA) is 97.0 Å². The number of hydrogen-bond acceptors (Lipinski definition) is 5. The molecule has 2 aliphatic heterocycles. The highest BCUT2D eigenvalue weighted by Gasteiger charge is 2.36. The molecule has 0 radical (unpaired) electrons. The molecule has 0 aromatic heterocycles. The van der Waals surface area contributed by atoms with Crippen LogP contribution >= 0.6 is 0 Å². The molecular formula is C29H36N4O3. The fourth-order valence-corrected chi connectivity index (χ4v) is 4.98. The van der Waals surface area contributed by atoms with Gasteiger partial charge in [0, 0.05) is 49.4 Å². The number of nitrogens with two attached hydrogens (primary N) is 1. The lowest BCUT2D eigenvalue weighted by molar-refractivity contribution is -0.127. The highest BCUT2D eigenvalue weighted by atomic mass is 16.5. The first-order valence-corrected chi connectivity index (χ1v) is 12.9. The zero-order chi connectivity index (χ0) is 25.5. The molecule has 0 atom stereocenters. The van der Waals surface area contributed by atoms with E-state index in [-0.39, 0.29) is 18.2 Å². The average Bonchev–Trinajstić information content (AvgIpc) is 3.06. The first kappa shape index (κ1) is 25.6. The van der Waals surface area contributed by atoms with Crippen LogP contribution in [0.3, 0.4) is 0 Å². The summed E-state index contributed by atoms with van der Waals surface area (Å²) < 4.78 is 5.59. The number of carbonyl (C=O) groups is 2. The van der Waals surface area contributed by atoms with Gasteiger partial charge in [-0.05, 0) is 49.5 Å². The largest absolute Gasteiger partial charge is 0.387 e. The van der Waals surface area contributed by atoms with Crippen molar-refractivity contribution in [3.05, 3.63) is 70.8 Å². The number of amides is 2. The van der Waals surface area contributed by atoms with Crippen LogP contribution in [0, 0.1) is 0 Å². The summed E-state index contributed by atoms with van der Waals surface area (Å²) in [6.45, 7) is 6.74. The predicted molar refractivity (Wildman–Crippen MR) is 143 cm³/mol. The second-order valence-electron chi connectivity index (χ2n) is 9.53.